The summed E-state index contributed by atoms with van der Waals surface area (Å²) in [6.07, 6.45) is 4.79. The van der Waals surface area contributed by atoms with E-state index >= 15 is 0 Å². The molecule has 8 heteroatoms. The van der Waals surface area contributed by atoms with Crippen molar-refractivity contribution in [1.29, 1.82) is 0 Å². The molecular formula is C15H21ClN2O4S. The summed E-state index contributed by atoms with van der Waals surface area (Å²) in [7, 11) is -3.80. The van der Waals surface area contributed by atoms with Crippen molar-refractivity contribution < 1.29 is 13.3 Å². The molecule has 2 rings (SSSR count). The van der Waals surface area contributed by atoms with E-state index in [1.807, 2.05) is 0 Å². The number of nitro benzene ring substituents is 1. The first kappa shape index (κ1) is 18.2. The predicted octanol–water partition coefficient (Wildman–Crippen LogP) is 3.90. The molecule has 1 aliphatic carbocycles. The summed E-state index contributed by atoms with van der Waals surface area (Å²) in [6.45, 7) is 3.64. The van der Waals surface area contributed by atoms with Crippen LogP contribution in [0.2, 0.25) is 5.02 Å². The zero-order valence-corrected chi connectivity index (χ0v) is 14.9. The number of rotatable bonds is 5. The van der Waals surface area contributed by atoms with E-state index in [2.05, 4.69) is 0 Å². The SMILES string of the molecule is CCN(C1CCCCC1)S(=O)(=O)c1cc(Cl)c(C)c([N+](=O)[O-])c1. The molecule has 0 N–H and O–H groups in total. The van der Waals surface area contributed by atoms with Crippen molar-refractivity contribution in [2.45, 2.75) is 56.9 Å². The van der Waals surface area contributed by atoms with Crippen molar-refractivity contribution in [3.63, 3.8) is 0 Å². The highest BCUT2D eigenvalue weighted by Crippen LogP contribution is 2.33. The first-order valence-corrected chi connectivity index (χ1v) is 9.57. The van der Waals surface area contributed by atoms with Gasteiger partial charge in [0.1, 0.15) is 0 Å². The normalized spacial score (nSPS) is 16.7. The van der Waals surface area contributed by atoms with Gasteiger partial charge in [-0.2, -0.15) is 4.31 Å². The van der Waals surface area contributed by atoms with Crippen LogP contribution in [0.25, 0.3) is 0 Å². The number of hydrogen-bond acceptors (Lipinski definition) is 4. The summed E-state index contributed by atoms with van der Waals surface area (Å²) >= 11 is 6.02. The number of nitrogens with zero attached hydrogens (tertiary/aromatic N) is 2. The molecule has 0 saturated heterocycles. The van der Waals surface area contributed by atoms with Crippen LogP contribution in [0.15, 0.2) is 17.0 Å². The molecule has 0 radical (unpaired) electrons. The number of halogens is 1. The van der Waals surface area contributed by atoms with Crippen molar-refractivity contribution in [1.82, 2.24) is 4.31 Å². The van der Waals surface area contributed by atoms with Gasteiger partial charge in [-0.3, -0.25) is 10.1 Å². The third-order valence-electron chi connectivity index (χ3n) is 4.39. The summed E-state index contributed by atoms with van der Waals surface area (Å²) in [6, 6.07) is 2.38. The van der Waals surface area contributed by atoms with Crippen LogP contribution >= 0.6 is 11.6 Å². The number of sulfonamides is 1. The molecule has 0 bridgehead atoms. The third-order valence-corrected chi connectivity index (χ3v) is 6.79. The van der Waals surface area contributed by atoms with E-state index in [9.17, 15) is 18.5 Å². The molecule has 6 nitrogen and oxygen atoms in total. The highest BCUT2D eigenvalue weighted by molar-refractivity contribution is 7.89. The fraction of sp³-hybridized carbons (Fsp3) is 0.600. The van der Waals surface area contributed by atoms with Crippen molar-refractivity contribution in [3.8, 4) is 0 Å². The molecule has 0 atom stereocenters. The number of nitro groups is 1. The van der Waals surface area contributed by atoms with Crippen LogP contribution in [0.4, 0.5) is 5.69 Å². The maximum Gasteiger partial charge on any atom is 0.275 e. The maximum atomic E-state index is 12.9. The van der Waals surface area contributed by atoms with Crippen LogP contribution < -0.4 is 0 Å². The van der Waals surface area contributed by atoms with Crippen molar-refractivity contribution in [2.24, 2.45) is 0 Å². The van der Waals surface area contributed by atoms with Crippen molar-refractivity contribution in [3.05, 3.63) is 32.8 Å². The average Bonchev–Trinajstić information content (AvgIpc) is 2.51. The van der Waals surface area contributed by atoms with E-state index in [0.29, 0.717) is 6.54 Å². The Bertz CT molecular complexity index is 700. The van der Waals surface area contributed by atoms with Gasteiger partial charge >= 0.3 is 0 Å². The van der Waals surface area contributed by atoms with Gasteiger partial charge in [0.25, 0.3) is 5.69 Å². The summed E-state index contributed by atoms with van der Waals surface area (Å²) in [4.78, 5) is 10.4. The van der Waals surface area contributed by atoms with Gasteiger partial charge in [-0.15, -0.1) is 0 Å². The van der Waals surface area contributed by atoms with E-state index in [-0.39, 0.29) is 27.2 Å². The number of benzene rings is 1. The van der Waals surface area contributed by atoms with Gasteiger partial charge in [0, 0.05) is 24.2 Å². The molecule has 0 unspecified atom stereocenters. The van der Waals surface area contributed by atoms with E-state index < -0.39 is 14.9 Å². The average molecular weight is 361 g/mol. The molecule has 1 aromatic carbocycles. The lowest BCUT2D eigenvalue weighted by Crippen LogP contribution is -2.41. The highest BCUT2D eigenvalue weighted by Gasteiger charge is 2.33. The second kappa shape index (κ2) is 7.15. The molecule has 0 heterocycles. The van der Waals surface area contributed by atoms with E-state index in [1.54, 1.807) is 6.92 Å². The van der Waals surface area contributed by atoms with Crippen LogP contribution in [0, 0.1) is 17.0 Å². The summed E-state index contributed by atoms with van der Waals surface area (Å²) in [5.74, 6) is 0. The van der Waals surface area contributed by atoms with Gasteiger partial charge in [0.05, 0.1) is 14.8 Å². The summed E-state index contributed by atoms with van der Waals surface area (Å²) in [5.41, 5.74) is 0.00658. The lowest BCUT2D eigenvalue weighted by atomic mass is 9.95. The Labute approximate surface area is 141 Å². The molecular weight excluding hydrogens is 340 g/mol. The van der Waals surface area contributed by atoms with Crippen LogP contribution in [0.1, 0.15) is 44.6 Å². The van der Waals surface area contributed by atoms with Crippen LogP contribution in [0.3, 0.4) is 0 Å². The Morgan fingerprint density at radius 3 is 2.43 bits per heavy atom. The molecule has 23 heavy (non-hydrogen) atoms. The molecule has 1 fully saturated rings. The van der Waals surface area contributed by atoms with E-state index in [4.69, 9.17) is 11.6 Å². The lowest BCUT2D eigenvalue weighted by Gasteiger charge is -2.32. The van der Waals surface area contributed by atoms with Gasteiger partial charge in [-0.05, 0) is 25.8 Å². The molecule has 0 amide bonds. The lowest BCUT2D eigenvalue weighted by molar-refractivity contribution is -0.385. The van der Waals surface area contributed by atoms with E-state index in [0.717, 1.165) is 38.2 Å². The van der Waals surface area contributed by atoms with Gasteiger partial charge < -0.3 is 0 Å². The molecule has 1 aliphatic rings. The topological polar surface area (TPSA) is 80.5 Å². The van der Waals surface area contributed by atoms with Gasteiger partial charge in [-0.25, -0.2) is 8.42 Å². The summed E-state index contributed by atoms with van der Waals surface area (Å²) in [5, 5.41) is 11.2. The Kier molecular flexibility index (Phi) is 5.65. The van der Waals surface area contributed by atoms with Crippen LogP contribution in [-0.4, -0.2) is 30.2 Å². The predicted molar refractivity (Wildman–Crippen MR) is 89.3 cm³/mol. The number of hydrogen-bond donors (Lipinski definition) is 0. The molecule has 1 saturated carbocycles. The van der Waals surface area contributed by atoms with Gasteiger partial charge in [0.15, 0.2) is 0 Å². The fourth-order valence-electron chi connectivity index (χ4n) is 3.11. The van der Waals surface area contributed by atoms with Gasteiger partial charge in [0.2, 0.25) is 10.0 Å². The summed E-state index contributed by atoms with van der Waals surface area (Å²) < 4.78 is 27.3. The minimum atomic E-state index is -3.80. The molecule has 0 aromatic heterocycles. The van der Waals surface area contributed by atoms with Crippen molar-refractivity contribution >= 4 is 27.3 Å². The Morgan fingerprint density at radius 1 is 1.30 bits per heavy atom. The highest BCUT2D eigenvalue weighted by atomic mass is 35.5. The standard InChI is InChI=1S/C15H21ClN2O4S/c1-3-17(12-7-5-4-6-8-12)23(21,22)13-9-14(16)11(2)15(10-13)18(19)20/h9-10,12H,3-8H2,1-2H3. The second-order valence-electron chi connectivity index (χ2n) is 5.81. The monoisotopic (exact) mass is 360 g/mol. The Balaban J connectivity index is 2.47. The minimum Gasteiger partial charge on any atom is -0.258 e. The molecule has 128 valence electrons. The first-order chi connectivity index (χ1) is 10.8. The van der Waals surface area contributed by atoms with E-state index in [1.165, 1.54) is 17.3 Å². The molecule has 0 spiro atoms. The third kappa shape index (κ3) is 3.67. The fourth-order valence-corrected chi connectivity index (χ4v) is 5.13. The molecule has 0 aliphatic heterocycles. The minimum absolute atomic E-state index is 0.0436. The van der Waals surface area contributed by atoms with Crippen LogP contribution in [0.5, 0.6) is 0 Å². The zero-order chi connectivity index (χ0) is 17.2. The quantitative estimate of drug-likeness (QED) is 0.589. The first-order valence-electron chi connectivity index (χ1n) is 7.75. The van der Waals surface area contributed by atoms with Crippen molar-refractivity contribution in [2.75, 3.05) is 6.54 Å². The largest absolute Gasteiger partial charge is 0.275 e. The maximum absolute atomic E-state index is 12.9. The molecule has 1 aromatic rings. The second-order valence-corrected chi connectivity index (χ2v) is 8.10. The Morgan fingerprint density at radius 2 is 1.91 bits per heavy atom. The smallest absolute Gasteiger partial charge is 0.258 e. The zero-order valence-electron chi connectivity index (χ0n) is 13.3. The van der Waals surface area contributed by atoms with Gasteiger partial charge in [-0.1, -0.05) is 37.8 Å². The van der Waals surface area contributed by atoms with Crippen LogP contribution in [-0.2, 0) is 10.0 Å². The Hall–Kier alpha value is -1.18.